The van der Waals surface area contributed by atoms with Gasteiger partial charge in [0.1, 0.15) is 6.10 Å². The van der Waals surface area contributed by atoms with Gasteiger partial charge in [-0.15, -0.1) is 0 Å². The molecule has 13 heavy (non-hydrogen) atoms. The standard InChI is InChI=1S/C10H16O3/c1-2-3-4-5-8(11)9-6-7-10(12)13-9/h6-9,11H,2-5H2,1H3/t8-,9-/m1/s1. The van der Waals surface area contributed by atoms with Crippen molar-refractivity contribution in [1.82, 2.24) is 0 Å². The fourth-order valence-corrected chi connectivity index (χ4v) is 1.36. The fraction of sp³-hybridized carbons (Fsp3) is 0.700. The van der Waals surface area contributed by atoms with E-state index in [1.165, 1.54) is 6.08 Å². The van der Waals surface area contributed by atoms with Crippen molar-refractivity contribution in [3.8, 4) is 0 Å². The molecule has 3 heteroatoms. The maximum absolute atomic E-state index is 10.7. The zero-order chi connectivity index (χ0) is 9.68. The molecule has 0 aromatic heterocycles. The van der Waals surface area contributed by atoms with Crippen molar-refractivity contribution in [1.29, 1.82) is 0 Å². The van der Waals surface area contributed by atoms with Crippen LogP contribution in [0.5, 0.6) is 0 Å². The molecule has 0 spiro atoms. The number of carbonyl (C=O) groups excluding carboxylic acids is 1. The Kier molecular flexibility index (Phi) is 3.96. The van der Waals surface area contributed by atoms with Crippen LogP contribution >= 0.6 is 0 Å². The third-order valence-electron chi connectivity index (χ3n) is 2.16. The molecule has 2 atom stereocenters. The minimum absolute atomic E-state index is 0.348. The Hall–Kier alpha value is -0.830. The van der Waals surface area contributed by atoms with Gasteiger partial charge in [0.25, 0.3) is 0 Å². The van der Waals surface area contributed by atoms with Crippen molar-refractivity contribution in [2.75, 3.05) is 0 Å². The quantitative estimate of drug-likeness (QED) is 0.519. The zero-order valence-corrected chi connectivity index (χ0v) is 7.90. The predicted octanol–water partition coefficient (Wildman–Crippen LogP) is 1.41. The molecule has 0 aliphatic carbocycles. The second-order valence-electron chi connectivity index (χ2n) is 3.32. The summed E-state index contributed by atoms with van der Waals surface area (Å²) in [5.41, 5.74) is 0. The van der Waals surface area contributed by atoms with Crippen LogP contribution < -0.4 is 0 Å². The number of hydrogen-bond donors (Lipinski definition) is 1. The molecule has 1 heterocycles. The molecule has 0 saturated heterocycles. The van der Waals surface area contributed by atoms with E-state index in [9.17, 15) is 9.90 Å². The number of aliphatic hydroxyl groups is 1. The lowest BCUT2D eigenvalue weighted by Crippen LogP contribution is -2.25. The van der Waals surface area contributed by atoms with Crippen LogP contribution in [0.3, 0.4) is 0 Å². The summed E-state index contributed by atoms with van der Waals surface area (Å²) < 4.78 is 4.85. The minimum Gasteiger partial charge on any atom is -0.452 e. The summed E-state index contributed by atoms with van der Waals surface area (Å²) >= 11 is 0. The van der Waals surface area contributed by atoms with Crippen LogP contribution in [-0.4, -0.2) is 23.3 Å². The highest BCUT2D eigenvalue weighted by molar-refractivity contribution is 5.84. The zero-order valence-electron chi connectivity index (χ0n) is 7.90. The van der Waals surface area contributed by atoms with Gasteiger partial charge in [0.15, 0.2) is 0 Å². The van der Waals surface area contributed by atoms with Gasteiger partial charge in [-0.1, -0.05) is 26.2 Å². The molecule has 0 fully saturated rings. The highest BCUT2D eigenvalue weighted by atomic mass is 16.6. The van der Waals surface area contributed by atoms with E-state index in [1.807, 2.05) is 0 Å². The number of esters is 1. The highest BCUT2D eigenvalue weighted by Crippen LogP contribution is 2.14. The van der Waals surface area contributed by atoms with E-state index in [4.69, 9.17) is 4.74 Å². The van der Waals surface area contributed by atoms with Crippen molar-refractivity contribution in [2.45, 2.75) is 44.8 Å². The maximum atomic E-state index is 10.7. The van der Waals surface area contributed by atoms with Crippen LogP contribution in [0.4, 0.5) is 0 Å². The molecule has 74 valence electrons. The molecule has 1 rings (SSSR count). The molecule has 0 aromatic carbocycles. The van der Waals surface area contributed by atoms with Gasteiger partial charge in [-0.25, -0.2) is 4.79 Å². The lowest BCUT2D eigenvalue weighted by molar-refractivity contribution is -0.142. The molecular weight excluding hydrogens is 168 g/mol. The highest BCUT2D eigenvalue weighted by Gasteiger charge is 2.23. The Morgan fingerprint density at radius 1 is 1.62 bits per heavy atom. The van der Waals surface area contributed by atoms with Crippen molar-refractivity contribution in [3.63, 3.8) is 0 Å². The van der Waals surface area contributed by atoms with Gasteiger partial charge in [0, 0.05) is 6.08 Å². The van der Waals surface area contributed by atoms with Crippen LogP contribution in [0.1, 0.15) is 32.6 Å². The summed E-state index contributed by atoms with van der Waals surface area (Å²) in [6.07, 6.45) is 5.98. The number of rotatable bonds is 5. The summed E-state index contributed by atoms with van der Waals surface area (Å²) in [6.45, 7) is 2.11. The number of unbranched alkanes of at least 4 members (excludes halogenated alkanes) is 2. The van der Waals surface area contributed by atoms with E-state index in [0.717, 1.165) is 19.3 Å². The van der Waals surface area contributed by atoms with Crippen LogP contribution in [-0.2, 0) is 9.53 Å². The summed E-state index contributed by atoms with van der Waals surface area (Å²) in [7, 11) is 0. The Bertz CT molecular complexity index is 198. The molecule has 0 aromatic rings. The van der Waals surface area contributed by atoms with Crippen molar-refractivity contribution in [3.05, 3.63) is 12.2 Å². The third-order valence-corrected chi connectivity index (χ3v) is 2.16. The molecule has 0 saturated carbocycles. The summed E-state index contributed by atoms with van der Waals surface area (Å²) in [5.74, 6) is -0.348. The second kappa shape index (κ2) is 5.02. The van der Waals surface area contributed by atoms with Gasteiger partial charge in [-0.3, -0.25) is 0 Å². The molecule has 0 amide bonds. The maximum Gasteiger partial charge on any atom is 0.331 e. The minimum atomic E-state index is -0.533. The summed E-state index contributed by atoms with van der Waals surface area (Å²) in [6, 6.07) is 0. The van der Waals surface area contributed by atoms with Crippen LogP contribution in [0.2, 0.25) is 0 Å². The summed E-state index contributed by atoms with van der Waals surface area (Å²) in [5, 5.41) is 9.56. The average molecular weight is 184 g/mol. The second-order valence-corrected chi connectivity index (χ2v) is 3.32. The van der Waals surface area contributed by atoms with Crippen molar-refractivity contribution in [2.24, 2.45) is 0 Å². The number of hydrogen-bond acceptors (Lipinski definition) is 3. The fourth-order valence-electron chi connectivity index (χ4n) is 1.36. The van der Waals surface area contributed by atoms with Gasteiger partial charge in [0.05, 0.1) is 6.10 Å². The van der Waals surface area contributed by atoms with Gasteiger partial charge in [-0.2, -0.15) is 0 Å². The Morgan fingerprint density at radius 3 is 2.92 bits per heavy atom. The molecule has 1 N–H and O–H groups in total. The van der Waals surface area contributed by atoms with E-state index in [0.29, 0.717) is 6.42 Å². The number of ether oxygens (including phenoxy) is 1. The molecule has 0 bridgehead atoms. The lowest BCUT2D eigenvalue weighted by atomic mass is 10.1. The normalized spacial score (nSPS) is 23.2. The van der Waals surface area contributed by atoms with E-state index in [2.05, 4.69) is 6.92 Å². The van der Waals surface area contributed by atoms with Crippen molar-refractivity contribution < 1.29 is 14.6 Å². The number of carbonyl (C=O) groups is 1. The van der Waals surface area contributed by atoms with E-state index in [-0.39, 0.29) is 5.97 Å². The Labute approximate surface area is 78.4 Å². The number of cyclic esters (lactones) is 1. The van der Waals surface area contributed by atoms with Crippen LogP contribution in [0, 0.1) is 0 Å². The first-order valence-corrected chi connectivity index (χ1v) is 4.81. The Balaban J connectivity index is 2.20. The largest absolute Gasteiger partial charge is 0.452 e. The first kappa shape index (κ1) is 10.3. The monoisotopic (exact) mass is 184 g/mol. The van der Waals surface area contributed by atoms with Gasteiger partial charge in [-0.05, 0) is 12.5 Å². The predicted molar refractivity (Wildman–Crippen MR) is 49.2 cm³/mol. The smallest absolute Gasteiger partial charge is 0.331 e. The van der Waals surface area contributed by atoms with Gasteiger partial charge in [0.2, 0.25) is 0 Å². The van der Waals surface area contributed by atoms with Crippen LogP contribution in [0.15, 0.2) is 12.2 Å². The van der Waals surface area contributed by atoms with E-state index < -0.39 is 12.2 Å². The SMILES string of the molecule is CCCCC[C@@H](O)[C@H]1C=CC(=O)O1. The molecule has 1 aliphatic rings. The molecule has 3 nitrogen and oxygen atoms in total. The summed E-state index contributed by atoms with van der Waals surface area (Å²) in [4.78, 5) is 10.7. The van der Waals surface area contributed by atoms with E-state index >= 15 is 0 Å². The first-order chi connectivity index (χ1) is 6.24. The lowest BCUT2D eigenvalue weighted by Gasteiger charge is -2.15. The first-order valence-electron chi connectivity index (χ1n) is 4.81. The molecule has 0 radical (unpaired) electrons. The average Bonchev–Trinajstić information content (AvgIpc) is 2.52. The molecule has 1 aliphatic heterocycles. The molecule has 0 unspecified atom stereocenters. The third kappa shape index (κ3) is 3.19. The molecular formula is C10H16O3. The topological polar surface area (TPSA) is 46.5 Å². The number of aliphatic hydroxyl groups excluding tert-OH is 1. The van der Waals surface area contributed by atoms with Gasteiger partial charge < -0.3 is 9.84 Å². The van der Waals surface area contributed by atoms with E-state index in [1.54, 1.807) is 6.08 Å². The van der Waals surface area contributed by atoms with Gasteiger partial charge >= 0.3 is 5.97 Å². The van der Waals surface area contributed by atoms with Crippen molar-refractivity contribution >= 4 is 5.97 Å². The van der Waals surface area contributed by atoms with Crippen LogP contribution in [0.25, 0.3) is 0 Å². The Morgan fingerprint density at radius 2 is 2.38 bits per heavy atom.